The molecule has 1 unspecified atom stereocenters. The standard InChI is InChI=1S/C13H18FN/c1-10(15)12-5-2-4-11(8-12)9-13(14)6-3-7-13/h2,4-5,8,10H,3,6-7,9,15H2,1H3. The lowest BCUT2D eigenvalue weighted by Crippen LogP contribution is -2.34. The van der Waals surface area contributed by atoms with E-state index in [0.717, 1.165) is 30.4 Å². The fourth-order valence-corrected chi connectivity index (χ4v) is 2.09. The molecule has 0 bridgehead atoms. The molecule has 1 nitrogen and oxygen atoms in total. The summed E-state index contributed by atoms with van der Waals surface area (Å²) < 4.78 is 13.9. The van der Waals surface area contributed by atoms with Crippen molar-refractivity contribution in [3.05, 3.63) is 35.4 Å². The summed E-state index contributed by atoms with van der Waals surface area (Å²) >= 11 is 0. The Morgan fingerprint density at radius 3 is 2.73 bits per heavy atom. The number of halogens is 1. The van der Waals surface area contributed by atoms with Crippen LogP contribution in [0, 0.1) is 0 Å². The van der Waals surface area contributed by atoms with Crippen molar-refractivity contribution in [3.63, 3.8) is 0 Å². The molecular weight excluding hydrogens is 189 g/mol. The third kappa shape index (κ3) is 2.37. The van der Waals surface area contributed by atoms with E-state index in [1.807, 2.05) is 31.2 Å². The molecule has 1 fully saturated rings. The van der Waals surface area contributed by atoms with Gasteiger partial charge >= 0.3 is 0 Å². The first-order valence-corrected chi connectivity index (χ1v) is 5.62. The van der Waals surface area contributed by atoms with Crippen LogP contribution in [0.4, 0.5) is 4.39 Å². The van der Waals surface area contributed by atoms with E-state index in [0.29, 0.717) is 6.42 Å². The molecule has 0 spiro atoms. The molecule has 0 saturated heterocycles. The van der Waals surface area contributed by atoms with Gasteiger partial charge in [0, 0.05) is 12.5 Å². The molecule has 1 aliphatic carbocycles. The third-order valence-corrected chi connectivity index (χ3v) is 3.25. The normalized spacial score (nSPS) is 20.7. The topological polar surface area (TPSA) is 26.0 Å². The van der Waals surface area contributed by atoms with Crippen molar-refractivity contribution >= 4 is 0 Å². The molecule has 0 amide bonds. The van der Waals surface area contributed by atoms with Gasteiger partial charge in [0.1, 0.15) is 5.67 Å². The van der Waals surface area contributed by atoms with Crippen molar-refractivity contribution in [1.82, 2.24) is 0 Å². The lowest BCUT2D eigenvalue weighted by Gasteiger charge is -2.34. The van der Waals surface area contributed by atoms with Gasteiger partial charge in [-0.3, -0.25) is 0 Å². The highest BCUT2D eigenvalue weighted by molar-refractivity contribution is 5.27. The Kier molecular flexibility index (Phi) is 2.79. The predicted octanol–water partition coefficient (Wildman–Crippen LogP) is 3.14. The smallest absolute Gasteiger partial charge is 0.115 e. The highest BCUT2D eigenvalue weighted by Crippen LogP contribution is 2.38. The fraction of sp³-hybridized carbons (Fsp3) is 0.538. The second kappa shape index (κ2) is 3.93. The van der Waals surface area contributed by atoms with E-state index in [1.165, 1.54) is 0 Å². The highest BCUT2D eigenvalue weighted by atomic mass is 19.1. The van der Waals surface area contributed by atoms with Gasteiger partial charge in [0.05, 0.1) is 0 Å². The van der Waals surface area contributed by atoms with Crippen molar-refractivity contribution in [2.24, 2.45) is 5.73 Å². The van der Waals surface area contributed by atoms with Crippen LogP contribution in [0.5, 0.6) is 0 Å². The maximum absolute atomic E-state index is 13.9. The molecule has 1 aromatic rings. The van der Waals surface area contributed by atoms with E-state index in [9.17, 15) is 4.39 Å². The van der Waals surface area contributed by atoms with Crippen LogP contribution in [-0.2, 0) is 6.42 Å². The second-order valence-electron chi connectivity index (χ2n) is 4.71. The van der Waals surface area contributed by atoms with Crippen molar-refractivity contribution in [2.45, 2.75) is 44.3 Å². The Bertz CT molecular complexity index is 342. The average molecular weight is 207 g/mol. The van der Waals surface area contributed by atoms with Crippen molar-refractivity contribution < 1.29 is 4.39 Å². The summed E-state index contributed by atoms with van der Waals surface area (Å²) in [6.45, 7) is 1.95. The molecule has 15 heavy (non-hydrogen) atoms. The summed E-state index contributed by atoms with van der Waals surface area (Å²) in [4.78, 5) is 0. The summed E-state index contributed by atoms with van der Waals surface area (Å²) in [6, 6.07) is 8.02. The van der Waals surface area contributed by atoms with Crippen molar-refractivity contribution in [1.29, 1.82) is 0 Å². The van der Waals surface area contributed by atoms with Gasteiger partial charge < -0.3 is 5.73 Å². The minimum absolute atomic E-state index is 0.0295. The zero-order valence-corrected chi connectivity index (χ0v) is 9.17. The summed E-state index contributed by atoms with van der Waals surface area (Å²) in [5, 5.41) is 0. The van der Waals surface area contributed by atoms with Gasteiger partial charge in [0.2, 0.25) is 0 Å². The first-order valence-electron chi connectivity index (χ1n) is 5.62. The molecule has 1 aromatic carbocycles. The van der Waals surface area contributed by atoms with Crippen LogP contribution in [0.25, 0.3) is 0 Å². The van der Waals surface area contributed by atoms with Gasteiger partial charge in [0.15, 0.2) is 0 Å². The van der Waals surface area contributed by atoms with E-state index < -0.39 is 5.67 Å². The van der Waals surface area contributed by atoms with E-state index in [4.69, 9.17) is 5.73 Å². The Morgan fingerprint density at radius 1 is 1.47 bits per heavy atom. The molecule has 82 valence electrons. The number of nitrogens with two attached hydrogens (primary N) is 1. The third-order valence-electron chi connectivity index (χ3n) is 3.25. The summed E-state index contributed by atoms with van der Waals surface area (Å²) in [7, 11) is 0. The number of hydrogen-bond donors (Lipinski definition) is 1. The highest BCUT2D eigenvalue weighted by Gasteiger charge is 2.36. The molecule has 2 N–H and O–H groups in total. The number of hydrogen-bond acceptors (Lipinski definition) is 1. The monoisotopic (exact) mass is 207 g/mol. The summed E-state index contributed by atoms with van der Waals surface area (Å²) in [6.07, 6.45) is 3.02. The lowest BCUT2D eigenvalue weighted by atomic mass is 9.77. The molecule has 2 heteroatoms. The average Bonchev–Trinajstić information content (AvgIpc) is 2.16. The van der Waals surface area contributed by atoms with Gasteiger partial charge in [-0.05, 0) is 37.3 Å². The number of benzene rings is 1. The van der Waals surface area contributed by atoms with Gasteiger partial charge in [-0.2, -0.15) is 0 Å². The van der Waals surface area contributed by atoms with Crippen LogP contribution in [0.1, 0.15) is 43.4 Å². The van der Waals surface area contributed by atoms with Crippen LogP contribution >= 0.6 is 0 Å². The van der Waals surface area contributed by atoms with Crippen molar-refractivity contribution in [3.8, 4) is 0 Å². The quantitative estimate of drug-likeness (QED) is 0.809. The first kappa shape index (κ1) is 10.6. The molecule has 0 heterocycles. The Morgan fingerprint density at radius 2 is 2.20 bits per heavy atom. The SMILES string of the molecule is CC(N)c1cccc(CC2(F)CCC2)c1. The van der Waals surface area contributed by atoms with Gasteiger partial charge in [-0.1, -0.05) is 24.3 Å². The number of rotatable bonds is 3. The van der Waals surface area contributed by atoms with Crippen molar-refractivity contribution in [2.75, 3.05) is 0 Å². The zero-order valence-electron chi connectivity index (χ0n) is 9.17. The van der Waals surface area contributed by atoms with Crippen LogP contribution < -0.4 is 5.73 Å². The maximum atomic E-state index is 13.9. The van der Waals surface area contributed by atoms with E-state index >= 15 is 0 Å². The number of alkyl halides is 1. The molecule has 1 saturated carbocycles. The minimum Gasteiger partial charge on any atom is -0.324 e. The van der Waals surface area contributed by atoms with Gasteiger partial charge in [0.25, 0.3) is 0 Å². The van der Waals surface area contributed by atoms with E-state index in [2.05, 4.69) is 0 Å². The summed E-state index contributed by atoms with van der Waals surface area (Å²) in [5.74, 6) is 0. The van der Waals surface area contributed by atoms with E-state index in [1.54, 1.807) is 0 Å². The second-order valence-corrected chi connectivity index (χ2v) is 4.71. The van der Waals surface area contributed by atoms with Crippen LogP contribution in [-0.4, -0.2) is 5.67 Å². The van der Waals surface area contributed by atoms with Crippen LogP contribution in [0.2, 0.25) is 0 Å². The maximum Gasteiger partial charge on any atom is 0.115 e. The largest absolute Gasteiger partial charge is 0.324 e. The van der Waals surface area contributed by atoms with Crippen LogP contribution in [0.3, 0.4) is 0 Å². The Labute approximate surface area is 90.5 Å². The van der Waals surface area contributed by atoms with Crippen LogP contribution in [0.15, 0.2) is 24.3 Å². The Balaban J connectivity index is 2.11. The molecular formula is C13H18FN. The first-order chi connectivity index (χ1) is 7.09. The molecule has 0 aromatic heterocycles. The van der Waals surface area contributed by atoms with Gasteiger partial charge in [-0.15, -0.1) is 0 Å². The van der Waals surface area contributed by atoms with Gasteiger partial charge in [-0.25, -0.2) is 4.39 Å². The molecule has 2 rings (SSSR count). The molecule has 1 aliphatic rings. The molecule has 0 radical (unpaired) electrons. The summed E-state index contributed by atoms with van der Waals surface area (Å²) in [5.41, 5.74) is 7.03. The molecule has 1 atom stereocenters. The molecule has 0 aliphatic heterocycles. The predicted molar refractivity (Wildman–Crippen MR) is 60.4 cm³/mol. The van der Waals surface area contributed by atoms with E-state index in [-0.39, 0.29) is 6.04 Å². The lowest BCUT2D eigenvalue weighted by molar-refractivity contribution is 0.0641. The zero-order chi connectivity index (χ0) is 10.9. The minimum atomic E-state index is -0.934. The fourth-order valence-electron chi connectivity index (χ4n) is 2.09. The Hall–Kier alpha value is -0.890.